The van der Waals surface area contributed by atoms with Gasteiger partial charge in [0.1, 0.15) is 0 Å². The molecule has 4 nitrogen and oxygen atoms in total. The highest BCUT2D eigenvalue weighted by molar-refractivity contribution is 5.76. The van der Waals surface area contributed by atoms with Gasteiger partial charge in [0.05, 0.1) is 0 Å². The third-order valence-electron chi connectivity index (χ3n) is 5.00. The molecular weight excluding hydrogens is 286 g/mol. The average Bonchev–Trinajstić information content (AvgIpc) is 2.59. The van der Waals surface area contributed by atoms with Gasteiger partial charge < -0.3 is 5.32 Å². The first-order chi connectivity index (χ1) is 11.0. The fraction of sp³-hybridized carbons (Fsp3) is 0.684. The van der Waals surface area contributed by atoms with Crippen LogP contribution in [0.1, 0.15) is 52.1 Å². The fourth-order valence-electron chi connectivity index (χ4n) is 3.25. The van der Waals surface area contributed by atoms with Crippen LogP contribution < -0.4 is 5.32 Å². The summed E-state index contributed by atoms with van der Waals surface area (Å²) < 4.78 is 0. The van der Waals surface area contributed by atoms with Gasteiger partial charge >= 0.3 is 0 Å². The number of aromatic nitrogens is 1. The number of amides is 1. The van der Waals surface area contributed by atoms with E-state index in [1.165, 1.54) is 19.3 Å². The van der Waals surface area contributed by atoms with Crippen LogP contribution in [0.3, 0.4) is 0 Å². The van der Waals surface area contributed by atoms with Crippen molar-refractivity contribution >= 4 is 5.91 Å². The first-order valence-electron chi connectivity index (χ1n) is 8.93. The number of rotatable bonds is 7. The molecule has 0 radical (unpaired) electrons. The number of hydrogen-bond acceptors (Lipinski definition) is 3. The Morgan fingerprint density at radius 3 is 2.96 bits per heavy atom. The number of carbonyl (C=O) groups excluding carboxylic acids is 1. The molecule has 1 aromatic rings. The molecular formula is C19H31N3O. The molecule has 1 aliphatic rings. The Kier molecular flexibility index (Phi) is 6.58. The Morgan fingerprint density at radius 2 is 2.26 bits per heavy atom. The van der Waals surface area contributed by atoms with Crippen molar-refractivity contribution in [1.29, 1.82) is 0 Å². The number of aryl methyl sites for hydroxylation is 1. The standard InChI is InChI=1S/C19H31N3O/c1-4-16-8-7-13-22(14-16)19(2,3)15-21-18(23)11-10-17-9-5-6-12-20-17/h5-6,9,12,16H,4,7-8,10-11,13-15H2,1-3H3,(H,21,23)/t16-/m1/s1. The van der Waals surface area contributed by atoms with Crippen LogP contribution in [0.4, 0.5) is 0 Å². The third kappa shape index (κ3) is 5.61. The Bertz CT molecular complexity index is 487. The van der Waals surface area contributed by atoms with E-state index < -0.39 is 0 Å². The monoisotopic (exact) mass is 317 g/mol. The van der Waals surface area contributed by atoms with Crippen molar-refractivity contribution in [3.8, 4) is 0 Å². The van der Waals surface area contributed by atoms with Crippen molar-refractivity contribution in [3.63, 3.8) is 0 Å². The van der Waals surface area contributed by atoms with Gasteiger partial charge in [-0.2, -0.15) is 0 Å². The van der Waals surface area contributed by atoms with E-state index in [0.29, 0.717) is 19.4 Å². The maximum absolute atomic E-state index is 12.1. The van der Waals surface area contributed by atoms with Gasteiger partial charge in [0.25, 0.3) is 0 Å². The predicted molar refractivity (Wildman–Crippen MR) is 94.2 cm³/mol. The minimum Gasteiger partial charge on any atom is -0.354 e. The highest BCUT2D eigenvalue weighted by atomic mass is 16.1. The van der Waals surface area contributed by atoms with E-state index in [4.69, 9.17) is 0 Å². The van der Waals surface area contributed by atoms with Crippen molar-refractivity contribution in [3.05, 3.63) is 30.1 Å². The average molecular weight is 317 g/mol. The van der Waals surface area contributed by atoms with Crippen LogP contribution in [0, 0.1) is 5.92 Å². The van der Waals surface area contributed by atoms with Gasteiger partial charge in [-0.1, -0.05) is 19.4 Å². The van der Waals surface area contributed by atoms with Crippen LogP contribution in [0.2, 0.25) is 0 Å². The van der Waals surface area contributed by atoms with E-state index in [0.717, 1.165) is 24.7 Å². The molecule has 2 rings (SSSR count). The van der Waals surface area contributed by atoms with Crippen LogP contribution in [0.25, 0.3) is 0 Å². The van der Waals surface area contributed by atoms with Gasteiger partial charge in [0, 0.05) is 36.9 Å². The molecule has 23 heavy (non-hydrogen) atoms. The smallest absolute Gasteiger partial charge is 0.220 e. The Morgan fingerprint density at radius 1 is 1.43 bits per heavy atom. The number of nitrogens with zero attached hydrogens (tertiary/aromatic N) is 2. The summed E-state index contributed by atoms with van der Waals surface area (Å²) in [5, 5.41) is 3.11. The van der Waals surface area contributed by atoms with Crippen molar-refractivity contribution in [2.45, 2.75) is 58.4 Å². The van der Waals surface area contributed by atoms with E-state index in [1.807, 2.05) is 18.2 Å². The summed E-state index contributed by atoms with van der Waals surface area (Å²) in [6, 6.07) is 5.83. The van der Waals surface area contributed by atoms with Gasteiger partial charge in [-0.3, -0.25) is 14.7 Å². The Balaban J connectivity index is 1.75. The third-order valence-corrected chi connectivity index (χ3v) is 5.00. The van der Waals surface area contributed by atoms with Gasteiger partial charge in [0.15, 0.2) is 0 Å². The summed E-state index contributed by atoms with van der Waals surface area (Å²) in [5.74, 6) is 0.927. The first kappa shape index (κ1) is 17.9. The van der Waals surface area contributed by atoms with Gasteiger partial charge in [-0.25, -0.2) is 0 Å². The quantitative estimate of drug-likeness (QED) is 0.841. The van der Waals surface area contributed by atoms with Gasteiger partial charge in [0.2, 0.25) is 5.91 Å². The highest BCUT2D eigenvalue weighted by Crippen LogP contribution is 2.25. The molecule has 1 fully saturated rings. The molecule has 4 heteroatoms. The minimum atomic E-state index is 0.0223. The van der Waals surface area contributed by atoms with Crippen molar-refractivity contribution in [2.24, 2.45) is 5.92 Å². The van der Waals surface area contributed by atoms with Gasteiger partial charge in [-0.05, 0) is 57.7 Å². The number of pyridine rings is 1. The first-order valence-corrected chi connectivity index (χ1v) is 8.93. The molecule has 0 aliphatic carbocycles. The number of piperidine rings is 1. The second-order valence-electron chi connectivity index (χ2n) is 7.27. The lowest BCUT2D eigenvalue weighted by Crippen LogP contribution is -2.54. The van der Waals surface area contributed by atoms with E-state index in [1.54, 1.807) is 6.20 Å². The zero-order chi connectivity index (χ0) is 16.7. The second kappa shape index (κ2) is 8.44. The molecule has 1 aromatic heterocycles. The van der Waals surface area contributed by atoms with Crippen LogP contribution in [-0.2, 0) is 11.2 Å². The minimum absolute atomic E-state index is 0.0223. The molecule has 1 aliphatic heterocycles. The Hall–Kier alpha value is -1.42. The maximum Gasteiger partial charge on any atom is 0.220 e. The number of carbonyl (C=O) groups is 1. The number of hydrogen-bond donors (Lipinski definition) is 1. The summed E-state index contributed by atoms with van der Waals surface area (Å²) in [4.78, 5) is 18.9. The largest absolute Gasteiger partial charge is 0.354 e. The van der Waals surface area contributed by atoms with Crippen LogP contribution in [0.15, 0.2) is 24.4 Å². The molecule has 1 atom stereocenters. The van der Waals surface area contributed by atoms with Crippen LogP contribution in [-0.4, -0.2) is 41.0 Å². The Labute approximate surface area is 140 Å². The predicted octanol–water partition coefficient (Wildman–Crippen LogP) is 3.03. The van der Waals surface area contributed by atoms with Crippen molar-refractivity contribution in [2.75, 3.05) is 19.6 Å². The molecule has 1 N–H and O–H groups in total. The molecule has 1 amide bonds. The molecule has 0 bridgehead atoms. The van der Waals surface area contributed by atoms with E-state index >= 15 is 0 Å². The zero-order valence-corrected chi connectivity index (χ0v) is 14.8. The molecule has 0 saturated carbocycles. The SMILES string of the molecule is CC[C@@H]1CCCN(C(C)(C)CNC(=O)CCc2ccccn2)C1. The lowest BCUT2D eigenvalue weighted by Gasteiger charge is -2.43. The lowest BCUT2D eigenvalue weighted by atomic mass is 9.91. The lowest BCUT2D eigenvalue weighted by molar-refractivity contribution is -0.121. The molecule has 0 unspecified atom stereocenters. The zero-order valence-electron chi connectivity index (χ0n) is 14.8. The van der Waals surface area contributed by atoms with E-state index in [2.05, 4.69) is 36.0 Å². The van der Waals surface area contributed by atoms with Crippen LogP contribution >= 0.6 is 0 Å². The van der Waals surface area contributed by atoms with E-state index in [-0.39, 0.29) is 11.4 Å². The summed E-state index contributed by atoms with van der Waals surface area (Å²) in [7, 11) is 0. The number of likely N-dealkylation sites (tertiary alicyclic amines) is 1. The topological polar surface area (TPSA) is 45.2 Å². The fourth-order valence-corrected chi connectivity index (χ4v) is 3.25. The van der Waals surface area contributed by atoms with E-state index in [9.17, 15) is 4.79 Å². The summed E-state index contributed by atoms with van der Waals surface area (Å²) in [5.41, 5.74) is 0.998. The van der Waals surface area contributed by atoms with Crippen LogP contribution in [0.5, 0.6) is 0 Å². The summed E-state index contributed by atoms with van der Waals surface area (Å²) in [6.07, 6.45) is 6.86. The van der Waals surface area contributed by atoms with Crippen molar-refractivity contribution < 1.29 is 4.79 Å². The summed E-state index contributed by atoms with van der Waals surface area (Å²) in [6.45, 7) is 9.78. The molecule has 0 aromatic carbocycles. The number of nitrogens with one attached hydrogen (secondary N) is 1. The molecule has 2 heterocycles. The normalized spacial score (nSPS) is 19.5. The summed E-state index contributed by atoms with van der Waals surface area (Å²) >= 11 is 0. The molecule has 0 spiro atoms. The van der Waals surface area contributed by atoms with Crippen molar-refractivity contribution in [1.82, 2.24) is 15.2 Å². The van der Waals surface area contributed by atoms with Gasteiger partial charge in [-0.15, -0.1) is 0 Å². The molecule has 128 valence electrons. The highest BCUT2D eigenvalue weighted by Gasteiger charge is 2.31. The second-order valence-corrected chi connectivity index (χ2v) is 7.27. The molecule has 1 saturated heterocycles. The maximum atomic E-state index is 12.1.